The Hall–Kier alpha value is -1.85. The van der Waals surface area contributed by atoms with E-state index in [1.54, 1.807) is 24.3 Å². The van der Waals surface area contributed by atoms with E-state index in [-0.39, 0.29) is 21.6 Å². The molecule has 112 valence electrons. The van der Waals surface area contributed by atoms with Crippen LogP contribution in [0.1, 0.15) is 5.56 Å². The second-order valence-electron chi connectivity index (χ2n) is 4.55. The van der Waals surface area contributed by atoms with Gasteiger partial charge in [0.1, 0.15) is 5.15 Å². The maximum Gasteiger partial charge on any atom is 0.416 e. The summed E-state index contributed by atoms with van der Waals surface area (Å²) in [7, 11) is 0. The molecule has 0 spiro atoms. The Morgan fingerprint density at radius 2 is 1.64 bits per heavy atom. The van der Waals surface area contributed by atoms with E-state index in [1.807, 2.05) is 0 Å². The third-order valence-corrected chi connectivity index (χ3v) is 3.71. The first-order valence-electron chi connectivity index (χ1n) is 6.15. The van der Waals surface area contributed by atoms with E-state index in [0.29, 0.717) is 10.9 Å². The lowest BCUT2D eigenvalue weighted by molar-refractivity contribution is -0.137. The van der Waals surface area contributed by atoms with E-state index in [1.165, 1.54) is 6.07 Å². The fraction of sp³-hybridized carbons (Fsp3) is 0.0667. The van der Waals surface area contributed by atoms with Gasteiger partial charge in [-0.2, -0.15) is 13.2 Å². The molecule has 0 aliphatic heterocycles. The van der Waals surface area contributed by atoms with E-state index in [2.05, 4.69) is 9.97 Å². The molecule has 0 bridgehead atoms. The van der Waals surface area contributed by atoms with Crippen LogP contribution in [-0.2, 0) is 6.18 Å². The maximum atomic E-state index is 12.8. The summed E-state index contributed by atoms with van der Waals surface area (Å²) in [5.41, 5.74) is -0.199. The summed E-state index contributed by atoms with van der Waals surface area (Å²) in [4.78, 5) is 8.30. The molecule has 0 atom stereocenters. The Kier molecular flexibility index (Phi) is 3.70. The fourth-order valence-electron chi connectivity index (χ4n) is 2.03. The molecule has 0 fully saturated rings. The molecule has 1 aromatic heterocycles. The summed E-state index contributed by atoms with van der Waals surface area (Å²) in [6.07, 6.45) is -4.47. The standard InChI is InChI=1S/C15H7Cl2F3N2/c16-11-6-5-8(15(18,19)20)7-10(11)14-21-12-4-2-1-3-9(12)13(17)22-14/h1-7H. The van der Waals surface area contributed by atoms with E-state index < -0.39 is 11.7 Å². The zero-order chi connectivity index (χ0) is 15.9. The van der Waals surface area contributed by atoms with Gasteiger partial charge in [0, 0.05) is 10.9 Å². The molecule has 0 amide bonds. The van der Waals surface area contributed by atoms with Crippen molar-refractivity contribution in [3.05, 3.63) is 58.2 Å². The van der Waals surface area contributed by atoms with Gasteiger partial charge in [-0.15, -0.1) is 0 Å². The zero-order valence-corrected chi connectivity index (χ0v) is 12.3. The third-order valence-electron chi connectivity index (χ3n) is 3.09. The summed E-state index contributed by atoms with van der Waals surface area (Å²) < 4.78 is 38.5. The van der Waals surface area contributed by atoms with Gasteiger partial charge in [-0.25, -0.2) is 9.97 Å². The average molecular weight is 343 g/mol. The first-order chi connectivity index (χ1) is 10.4. The van der Waals surface area contributed by atoms with Gasteiger partial charge in [-0.05, 0) is 30.3 Å². The van der Waals surface area contributed by atoms with Gasteiger partial charge in [-0.3, -0.25) is 0 Å². The quantitative estimate of drug-likeness (QED) is 0.536. The maximum absolute atomic E-state index is 12.8. The lowest BCUT2D eigenvalue weighted by Gasteiger charge is -2.10. The highest BCUT2D eigenvalue weighted by Gasteiger charge is 2.31. The minimum absolute atomic E-state index is 0.0554. The van der Waals surface area contributed by atoms with Crippen molar-refractivity contribution in [2.24, 2.45) is 0 Å². The number of rotatable bonds is 1. The van der Waals surface area contributed by atoms with Gasteiger partial charge >= 0.3 is 6.18 Å². The molecule has 2 aromatic carbocycles. The van der Waals surface area contributed by atoms with Crippen LogP contribution in [0.25, 0.3) is 22.3 Å². The van der Waals surface area contributed by atoms with Crippen LogP contribution in [0.5, 0.6) is 0 Å². The number of halogens is 5. The van der Waals surface area contributed by atoms with Gasteiger partial charge in [0.05, 0.1) is 16.1 Å². The lowest BCUT2D eigenvalue weighted by atomic mass is 10.1. The summed E-state index contributed by atoms with van der Waals surface area (Å²) in [6, 6.07) is 9.96. The van der Waals surface area contributed by atoms with Crippen LogP contribution in [0.2, 0.25) is 10.2 Å². The number of nitrogens with zero attached hydrogens (tertiary/aromatic N) is 2. The van der Waals surface area contributed by atoms with Gasteiger partial charge in [0.25, 0.3) is 0 Å². The van der Waals surface area contributed by atoms with Crippen molar-refractivity contribution >= 4 is 34.1 Å². The number of fused-ring (bicyclic) bond motifs is 1. The van der Waals surface area contributed by atoms with Gasteiger partial charge in [-0.1, -0.05) is 35.3 Å². The summed E-state index contributed by atoms with van der Waals surface area (Å²) >= 11 is 12.1. The number of para-hydroxylation sites is 1. The molecule has 22 heavy (non-hydrogen) atoms. The third kappa shape index (κ3) is 2.74. The van der Waals surface area contributed by atoms with Crippen molar-refractivity contribution in [3.63, 3.8) is 0 Å². The van der Waals surface area contributed by atoms with Crippen LogP contribution in [0.3, 0.4) is 0 Å². The highest BCUT2D eigenvalue weighted by molar-refractivity contribution is 6.35. The van der Waals surface area contributed by atoms with E-state index in [0.717, 1.165) is 12.1 Å². The van der Waals surface area contributed by atoms with Crippen molar-refractivity contribution in [2.75, 3.05) is 0 Å². The van der Waals surface area contributed by atoms with Crippen LogP contribution in [0.4, 0.5) is 13.2 Å². The van der Waals surface area contributed by atoms with Gasteiger partial charge in [0.15, 0.2) is 5.82 Å². The molecule has 0 unspecified atom stereocenters. The fourth-order valence-corrected chi connectivity index (χ4v) is 2.47. The van der Waals surface area contributed by atoms with Crippen LogP contribution in [-0.4, -0.2) is 9.97 Å². The lowest BCUT2D eigenvalue weighted by Crippen LogP contribution is -2.05. The Labute approximate surface area is 133 Å². The van der Waals surface area contributed by atoms with Crippen LogP contribution in [0, 0.1) is 0 Å². The predicted molar refractivity (Wildman–Crippen MR) is 80.0 cm³/mol. The Balaban J connectivity index is 2.23. The van der Waals surface area contributed by atoms with Gasteiger partial charge < -0.3 is 0 Å². The molecule has 0 aliphatic carbocycles. The van der Waals surface area contributed by atoms with E-state index >= 15 is 0 Å². The minimum atomic E-state index is -4.47. The van der Waals surface area contributed by atoms with Crippen molar-refractivity contribution in [3.8, 4) is 11.4 Å². The summed E-state index contributed by atoms with van der Waals surface area (Å²) in [5.74, 6) is 0.0554. The molecule has 7 heteroatoms. The SMILES string of the molecule is FC(F)(F)c1ccc(Cl)c(-c2nc(Cl)c3ccccc3n2)c1. The number of benzene rings is 2. The molecule has 0 radical (unpaired) electrons. The number of alkyl halides is 3. The predicted octanol–water partition coefficient (Wildman–Crippen LogP) is 5.62. The molecular formula is C15H7Cl2F3N2. The molecule has 0 saturated heterocycles. The molecule has 0 N–H and O–H groups in total. The Morgan fingerprint density at radius 3 is 2.36 bits per heavy atom. The van der Waals surface area contributed by atoms with Crippen molar-refractivity contribution in [2.45, 2.75) is 6.18 Å². The second kappa shape index (κ2) is 5.41. The number of aromatic nitrogens is 2. The van der Waals surface area contributed by atoms with Crippen molar-refractivity contribution < 1.29 is 13.2 Å². The Morgan fingerprint density at radius 1 is 0.909 bits per heavy atom. The monoisotopic (exact) mass is 342 g/mol. The molecule has 3 rings (SSSR count). The smallest absolute Gasteiger partial charge is 0.228 e. The highest BCUT2D eigenvalue weighted by Crippen LogP contribution is 2.35. The molecule has 3 aromatic rings. The molecule has 0 aliphatic rings. The zero-order valence-electron chi connectivity index (χ0n) is 10.8. The number of hydrogen-bond donors (Lipinski definition) is 0. The summed E-state index contributed by atoms with van der Waals surface area (Å²) in [6.45, 7) is 0. The van der Waals surface area contributed by atoms with Crippen molar-refractivity contribution in [1.82, 2.24) is 9.97 Å². The van der Waals surface area contributed by atoms with Crippen LogP contribution in [0.15, 0.2) is 42.5 Å². The van der Waals surface area contributed by atoms with E-state index in [9.17, 15) is 13.2 Å². The molecule has 1 heterocycles. The largest absolute Gasteiger partial charge is 0.416 e. The first kappa shape index (κ1) is 15.1. The average Bonchev–Trinajstić information content (AvgIpc) is 2.46. The highest BCUT2D eigenvalue weighted by atomic mass is 35.5. The minimum Gasteiger partial charge on any atom is -0.228 e. The number of hydrogen-bond acceptors (Lipinski definition) is 2. The van der Waals surface area contributed by atoms with Gasteiger partial charge in [0.2, 0.25) is 0 Å². The van der Waals surface area contributed by atoms with Crippen molar-refractivity contribution in [1.29, 1.82) is 0 Å². The first-order valence-corrected chi connectivity index (χ1v) is 6.91. The van der Waals surface area contributed by atoms with E-state index in [4.69, 9.17) is 23.2 Å². The topological polar surface area (TPSA) is 25.8 Å². The molecule has 2 nitrogen and oxygen atoms in total. The van der Waals surface area contributed by atoms with Crippen LogP contribution < -0.4 is 0 Å². The summed E-state index contributed by atoms with van der Waals surface area (Å²) in [5, 5.41) is 0.907. The second-order valence-corrected chi connectivity index (χ2v) is 5.31. The van der Waals surface area contributed by atoms with Crippen LogP contribution >= 0.6 is 23.2 Å². The molecule has 0 saturated carbocycles. The Bertz CT molecular complexity index is 863. The normalized spacial score (nSPS) is 11.9. The molecular weight excluding hydrogens is 336 g/mol.